The average Bonchev–Trinajstić information content (AvgIpc) is 2.45. The average molecular weight is 303 g/mol. The van der Waals surface area contributed by atoms with Gasteiger partial charge in [0.25, 0.3) is 0 Å². The topological polar surface area (TPSA) is 145 Å². The highest BCUT2D eigenvalue weighted by molar-refractivity contribution is 5.90. The van der Waals surface area contributed by atoms with Crippen molar-refractivity contribution >= 4 is 23.9 Å². The fourth-order valence-electron chi connectivity index (χ4n) is 1.84. The molecule has 1 rings (SSSR count). The lowest BCUT2D eigenvalue weighted by Crippen LogP contribution is -2.59. The lowest BCUT2D eigenvalue weighted by atomic mass is 10.2. The molecule has 21 heavy (non-hydrogen) atoms. The minimum Gasteiger partial charge on any atom is -0.481 e. The molecule has 118 valence electrons. The van der Waals surface area contributed by atoms with E-state index in [0.717, 1.165) is 4.90 Å². The third kappa shape index (κ3) is 4.60. The first-order chi connectivity index (χ1) is 9.86. The summed E-state index contributed by atoms with van der Waals surface area (Å²) >= 11 is 0. The fraction of sp³-hybridized carbons (Fsp3) is 0.636. The smallest absolute Gasteiger partial charge is 0.326 e. The number of nitrogens with one attached hydrogen (secondary N) is 2. The first kappa shape index (κ1) is 16.7. The minimum atomic E-state index is -1.57. The summed E-state index contributed by atoms with van der Waals surface area (Å²) in [6, 6.07) is -3.27. The van der Waals surface area contributed by atoms with E-state index < -0.39 is 42.4 Å². The predicted molar refractivity (Wildman–Crippen MR) is 67.6 cm³/mol. The molecule has 1 aliphatic heterocycles. The minimum absolute atomic E-state index is 0.0102. The van der Waals surface area contributed by atoms with Crippen LogP contribution in [0.5, 0.6) is 0 Å². The molecule has 0 aromatic rings. The van der Waals surface area contributed by atoms with E-state index in [2.05, 4.69) is 10.6 Å². The van der Waals surface area contributed by atoms with E-state index in [1.165, 1.54) is 7.05 Å². The third-order valence-corrected chi connectivity index (χ3v) is 2.91. The van der Waals surface area contributed by atoms with E-state index in [-0.39, 0.29) is 19.8 Å². The van der Waals surface area contributed by atoms with Crippen LogP contribution in [0, 0.1) is 0 Å². The number of carbonyl (C=O) groups is 4. The Balaban J connectivity index is 2.76. The summed E-state index contributed by atoms with van der Waals surface area (Å²) in [6.45, 7) is 0.296. The summed E-state index contributed by atoms with van der Waals surface area (Å²) in [5.74, 6) is -3.27. The van der Waals surface area contributed by atoms with Gasteiger partial charge in [-0.2, -0.15) is 0 Å². The molecule has 1 fully saturated rings. The molecule has 0 bridgehead atoms. The van der Waals surface area contributed by atoms with Gasteiger partial charge in [-0.3, -0.25) is 9.59 Å². The summed E-state index contributed by atoms with van der Waals surface area (Å²) in [7, 11) is 1.40. The van der Waals surface area contributed by atoms with Crippen LogP contribution in [-0.4, -0.2) is 77.9 Å². The van der Waals surface area contributed by atoms with Gasteiger partial charge >= 0.3 is 18.0 Å². The maximum atomic E-state index is 12.0. The van der Waals surface area contributed by atoms with Crippen molar-refractivity contribution in [3.8, 4) is 0 Å². The van der Waals surface area contributed by atoms with Crippen molar-refractivity contribution in [1.82, 2.24) is 15.5 Å². The van der Waals surface area contributed by atoms with Gasteiger partial charge in [0.1, 0.15) is 12.1 Å². The van der Waals surface area contributed by atoms with Crippen molar-refractivity contribution in [2.75, 3.05) is 26.8 Å². The molecule has 2 atom stereocenters. The lowest BCUT2D eigenvalue weighted by Gasteiger charge is -2.34. The largest absolute Gasteiger partial charge is 0.481 e. The van der Waals surface area contributed by atoms with Crippen molar-refractivity contribution in [2.45, 2.75) is 18.5 Å². The Labute approximate surface area is 120 Å². The number of amides is 3. The zero-order chi connectivity index (χ0) is 16.0. The van der Waals surface area contributed by atoms with E-state index >= 15 is 0 Å². The predicted octanol–water partition coefficient (Wildman–Crippen LogP) is -1.93. The van der Waals surface area contributed by atoms with Crippen LogP contribution in [0.1, 0.15) is 6.42 Å². The van der Waals surface area contributed by atoms with Gasteiger partial charge in [0.05, 0.1) is 19.6 Å². The zero-order valence-electron chi connectivity index (χ0n) is 11.4. The summed E-state index contributed by atoms with van der Waals surface area (Å²) in [5.41, 5.74) is 0. The molecular formula is C11H17N3O7. The van der Waals surface area contributed by atoms with Crippen molar-refractivity contribution in [1.29, 1.82) is 0 Å². The normalized spacial score (nSPS) is 19.5. The molecule has 0 aliphatic carbocycles. The number of carboxylic acids is 2. The maximum Gasteiger partial charge on any atom is 0.326 e. The number of likely N-dealkylation sites (N-methyl/N-ethyl adjacent to an activating group) is 1. The molecule has 0 aromatic carbocycles. The molecule has 1 saturated heterocycles. The number of urea groups is 1. The van der Waals surface area contributed by atoms with Gasteiger partial charge in [-0.25, -0.2) is 9.59 Å². The number of carboxylic acid groups (broad SMARTS) is 2. The van der Waals surface area contributed by atoms with Crippen LogP contribution < -0.4 is 10.6 Å². The van der Waals surface area contributed by atoms with Crippen LogP contribution in [-0.2, 0) is 19.1 Å². The Hall–Kier alpha value is -2.36. The highest BCUT2D eigenvalue weighted by Gasteiger charge is 2.34. The molecule has 0 saturated carbocycles. The Morgan fingerprint density at radius 1 is 1.33 bits per heavy atom. The summed E-state index contributed by atoms with van der Waals surface area (Å²) in [4.78, 5) is 46.3. The van der Waals surface area contributed by atoms with Crippen LogP contribution in [0.4, 0.5) is 4.79 Å². The monoisotopic (exact) mass is 303 g/mol. The Morgan fingerprint density at radius 2 is 2.00 bits per heavy atom. The van der Waals surface area contributed by atoms with E-state index in [1.54, 1.807) is 0 Å². The van der Waals surface area contributed by atoms with Gasteiger partial charge in [0.2, 0.25) is 5.91 Å². The number of morpholine rings is 1. The molecule has 3 amide bonds. The second-order valence-corrected chi connectivity index (χ2v) is 4.34. The molecule has 1 unspecified atom stereocenters. The van der Waals surface area contributed by atoms with Crippen LogP contribution in [0.25, 0.3) is 0 Å². The van der Waals surface area contributed by atoms with E-state index in [0.29, 0.717) is 0 Å². The second-order valence-electron chi connectivity index (χ2n) is 4.34. The fourth-order valence-corrected chi connectivity index (χ4v) is 1.84. The van der Waals surface area contributed by atoms with Gasteiger partial charge in [0.15, 0.2) is 0 Å². The Morgan fingerprint density at radius 3 is 2.52 bits per heavy atom. The summed E-state index contributed by atoms with van der Waals surface area (Å²) < 4.78 is 5.11. The molecule has 1 heterocycles. The molecule has 1 aliphatic rings. The summed E-state index contributed by atoms with van der Waals surface area (Å²) in [6.07, 6.45) is -0.754. The quantitative estimate of drug-likeness (QED) is 0.462. The number of hydrogen-bond acceptors (Lipinski definition) is 5. The Kier molecular flexibility index (Phi) is 5.91. The highest BCUT2D eigenvalue weighted by Crippen LogP contribution is 2.08. The van der Waals surface area contributed by atoms with Gasteiger partial charge in [-0.05, 0) is 0 Å². The van der Waals surface area contributed by atoms with E-state index in [1.807, 2.05) is 0 Å². The number of rotatable bonds is 5. The highest BCUT2D eigenvalue weighted by atomic mass is 16.5. The molecule has 0 spiro atoms. The molecule has 0 radical (unpaired) electrons. The van der Waals surface area contributed by atoms with Crippen molar-refractivity contribution in [2.24, 2.45) is 0 Å². The van der Waals surface area contributed by atoms with Crippen molar-refractivity contribution in [3.63, 3.8) is 0 Å². The van der Waals surface area contributed by atoms with E-state index in [4.69, 9.17) is 14.9 Å². The SMILES string of the molecule is CNC(=O)C1COCCN1C(=O)N[C@@H](CC(=O)O)C(=O)O. The van der Waals surface area contributed by atoms with Crippen LogP contribution in [0.15, 0.2) is 0 Å². The number of hydrogen-bond donors (Lipinski definition) is 4. The molecule has 0 aromatic heterocycles. The van der Waals surface area contributed by atoms with Crippen LogP contribution >= 0.6 is 0 Å². The maximum absolute atomic E-state index is 12.0. The number of ether oxygens (including phenoxy) is 1. The molecule has 10 nitrogen and oxygen atoms in total. The third-order valence-electron chi connectivity index (χ3n) is 2.91. The first-order valence-corrected chi connectivity index (χ1v) is 6.18. The standard InChI is InChI=1S/C11H17N3O7/c1-12-9(17)7-5-21-3-2-14(7)11(20)13-6(10(18)19)4-8(15)16/h6-7H,2-5H2,1H3,(H,12,17)(H,13,20)(H,15,16)(H,18,19)/t6-,7?/m0/s1. The number of aliphatic carboxylic acids is 2. The van der Waals surface area contributed by atoms with Gasteiger partial charge in [-0.1, -0.05) is 0 Å². The molecule has 4 N–H and O–H groups in total. The van der Waals surface area contributed by atoms with E-state index in [9.17, 15) is 19.2 Å². The van der Waals surface area contributed by atoms with Gasteiger partial charge < -0.3 is 30.5 Å². The van der Waals surface area contributed by atoms with Crippen molar-refractivity contribution < 1.29 is 34.1 Å². The number of carbonyl (C=O) groups excluding carboxylic acids is 2. The van der Waals surface area contributed by atoms with Crippen LogP contribution in [0.3, 0.4) is 0 Å². The van der Waals surface area contributed by atoms with Gasteiger partial charge in [0, 0.05) is 13.6 Å². The number of nitrogens with zero attached hydrogens (tertiary/aromatic N) is 1. The zero-order valence-corrected chi connectivity index (χ0v) is 11.4. The summed E-state index contributed by atoms with van der Waals surface area (Å²) in [5, 5.41) is 22.0. The second kappa shape index (κ2) is 7.43. The van der Waals surface area contributed by atoms with Crippen molar-refractivity contribution in [3.05, 3.63) is 0 Å². The van der Waals surface area contributed by atoms with Crippen LogP contribution in [0.2, 0.25) is 0 Å². The molecular weight excluding hydrogens is 286 g/mol. The Bertz CT molecular complexity index is 440. The molecule has 10 heteroatoms. The lowest BCUT2D eigenvalue weighted by molar-refractivity contribution is -0.145. The van der Waals surface area contributed by atoms with Gasteiger partial charge in [-0.15, -0.1) is 0 Å². The first-order valence-electron chi connectivity index (χ1n) is 6.18.